The SMILES string of the molecule is Nc1ncc2cccc(-c3ncc[nH]3)c2n1. The second-order valence-corrected chi connectivity index (χ2v) is 3.41. The number of hydrogen-bond acceptors (Lipinski definition) is 4. The monoisotopic (exact) mass is 211 g/mol. The van der Waals surface area contributed by atoms with Gasteiger partial charge in [0, 0.05) is 29.5 Å². The summed E-state index contributed by atoms with van der Waals surface area (Å²) in [7, 11) is 0. The first-order valence-electron chi connectivity index (χ1n) is 4.85. The average Bonchev–Trinajstić information content (AvgIpc) is 2.81. The summed E-state index contributed by atoms with van der Waals surface area (Å²) in [6.07, 6.45) is 5.20. The van der Waals surface area contributed by atoms with Crippen LogP contribution in [0, 0.1) is 0 Å². The maximum atomic E-state index is 5.59. The molecule has 0 unspecified atom stereocenters. The Balaban J connectivity index is 2.36. The molecule has 2 heterocycles. The predicted octanol–water partition coefficient (Wildman–Crippen LogP) is 1.60. The molecule has 0 aliphatic rings. The van der Waals surface area contributed by atoms with E-state index in [0.717, 1.165) is 22.3 Å². The maximum Gasteiger partial charge on any atom is 0.220 e. The molecule has 78 valence electrons. The lowest BCUT2D eigenvalue weighted by molar-refractivity contribution is 1.23. The molecular formula is C11H9N5. The van der Waals surface area contributed by atoms with Crippen molar-refractivity contribution in [1.82, 2.24) is 19.9 Å². The van der Waals surface area contributed by atoms with Crippen LogP contribution < -0.4 is 5.73 Å². The zero-order valence-electron chi connectivity index (χ0n) is 8.38. The molecule has 0 radical (unpaired) electrons. The first-order chi connectivity index (χ1) is 7.84. The molecule has 0 aliphatic heterocycles. The third kappa shape index (κ3) is 1.30. The van der Waals surface area contributed by atoms with E-state index in [1.165, 1.54) is 0 Å². The summed E-state index contributed by atoms with van der Waals surface area (Å²) in [4.78, 5) is 15.5. The smallest absolute Gasteiger partial charge is 0.220 e. The molecule has 0 atom stereocenters. The lowest BCUT2D eigenvalue weighted by Gasteiger charge is -2.03. The number of nitrogens with one attached hydrogen (secondary N) is 1. The van der Waals surface area contributed by atoms with E-state index < -0.39 is 0 Å². The van der Waals surface area contributed by atoms with Gasteiger partial charge in [-0.15, -0.1) is 0 Å². The molecule has 0 saturated heterocycles. The van der Waals surface area contributed by atoms with Gasteiger partial charge in [0.1, 0.15) is 5.82 Å². The number of anilines is 1. The Labute approximate surface area is 91.4 Å². The standard InChI is InChI=1S/C11H9N5/c12-11-15-6-7-2-1-3-8(9(7)16-11)10-13-4-5-14-10/h1-6H,(H,13,14)(H2,12,15,16). The number of nitrogens with zero attached hydrogens (tertiary/aromatic N) is 3. The molecule has 3 N–H and O–H groups in total. The molecule has 3 rings (SSSR count). The van der Waals surface area contributed by atoms with Crippen molar-refractivity contribution in [3.63, 3.8) is 0 Å². The van der Waals surface area contributed by atoms with Crippen LogP contribution in [0.15, 0.2) is 36.8 Å². The van der Waals surface area contributed by atoms with E-state index in [1.54, 1.807) is 18.6 Å². The highest BCUT2D eigenvalue weighted by molar-refractivity contribution is 5.91. The van der Waals surface area contributed by atoms with Gasteiger partial charge in [0.2, 0.25) is 5.95 Å². The summed E-state index contributed by atoms with van der Waals surface area (Å²) in [5, 5.41) is 0.947. The molecule has 0 spiro atoms. The quantitative estimate of drug-likeness (QED) is 0.640. The molecule has 0 amide bonds. The Bertz CT molecular complexity index is 630. The van der Waals surface area contributed by atoms with Crippen LogP contribution in [0.3, 0.4) is 0 Å². The van der Waals surface area contributed by atoms with Gasteiger partial charge >= 0.3 is 0 Å². The van der Waals surface area contributed by atoms with Gasteiger partial charge < -0.3 is 10.7 Å². The molecule has 5 heteroatoms. The first-order valence-corrected chi connectivity index (χ1v) is 4.85. The van der Waals surface area contributed by atoms with Crippen LogP contribution in [0.25, 0.3) is 22.3 Å². The number of aromatic nitrogens is 4. The Hall–Kier alpha value is -2.43. The van der Waals surface area contributed by atoms with E-state index in [-0.39, 0.29) is 5.95 Å². The summed E-state index contributed by atoms with van der Waals surface area (Å²) in [6.45, 7) is 0. The molecule has 5 nitrogen and oxygen atoms in total. The number of H-pyrrole nitrogens is 1. The van der Waals surface area contributed by atoms with Gasteiger partial charge in [-0.2, -0.15) is 0 Å². The van der Waals surface area contributed by atoms with Crippen molar-refractivity contribution in [1.29, 1.82) is 0 Å². The molecular weight excluding hydrogens is 202 g/mol. The fourth-order valence-corrected chi connectivity index (χ4v) is 1.67. The highest BCUT2D eigenvalue weighted by Gasteiger charge is 2.07. The van der Waals surface area contributed by atoms with Crippen LogP contribution in [0.5, 0.6) is 0 Å². The minimum atomic E-state index is 0.270. The van der Waals surface area contributed by atoms with Crippen molar-refractivity contribution < 1.29 is 0 Å². The molecule has 0 fully saturated rings. The highest BCUT2D eigenvalue weighted by atomic mass is 15.0. The number of para-hydroxylation sites is 1. The van der Waals surface area contributed by atoms with E-state index in [9.17, 15) is 0 Å². The largest absolute Gasteiger partial charge is 0.368 e. The Morgan fingerprint density at radius 2 is 2.12 bits per heavy atom. The van der Waals surface area contributed by atoms with Crippen molar-refractivity contribution in [2.75, 3.05) is 5.73 Å². The van der Waals surface area contributed by atoms with Crippen LogP contribution in [-0.4, -0.2) is 19.9 Å². The van der Waals surface area contributed by atoms with Gasteiger partial charge in [-0.25, -0.2) is 15.0 Å². The van der Waals surface area contributed by atoms with E-state index in [0.29, 0.717) is 0 Å². The van der Waals surface area contributed by atoms with E-state index >= 15 is 0 Å². The van der Waals surface area contributed by atoms with Gasteiger partial charge in [0.05, 0.1) is 5.52 Å². The van der Waals surface area contributed by atoms with Gasteiger partial charge in [-0.05, 0) is 6.07 Å². The van der Waals surface area contributed by atoms with E-state index in [2.05, 4.69) is 19.9 Å². The first kappa shape index (κ1) is 8.84. The van der Waals surface area contributed by atoms with Crippen molar-refractivity contribution >= 4 is 16.9 Å². The van der Waals surface area contributed by atoms with Crippen LogP contribution in [0.2, 0.25) is 0 Å². The van der Waals surface area contributed by atoms with Crippen LogP contribution >= 0.6 is 0 Å². The number of fused-ring (bicyclic) bond motifs is 1. The molecule has 2 aromatic heterocycles. The minimum Gasteiger partial charge on any atom is -0.368 e. The maximum absolute atomic E-state index is 5.59. The zero-order valence-corrected chi connectivity index (χ0v) is 8.38. The molecule has 16 heavy (non-hydrogen) atoms. The minimum absolute atomic E-state index is 0.270. The second kappa shape index (κ2) is 3.30. The second-order valence-electron chi connectivity index (χ2n) is 3.41. The lowest BCUT2D eigenvalue weighted by Crippen LogP contribution is -1.95. The fourth-order valence-electron chi connectivity index (χ4n) is 1.67. The number of hydrogen-bond donors (Lipinski definition) is 2. The lowest BCUT2D eigenvalue weighted by atomic mass is 10.1. The van der Waals surface area contributed by atoms with Crippen LogP contribution in [-0.2, 0) is 0 Å². The normalized spacial score (nSPS) is 10.8. The Morgan fingerprint density at radius 3 is 2.94 bits per heavy atom. The third-order valence-electron chi connectivity index (χ3n) is 2.38. The molecule has 3 aromatic rings. The summed E-state index contributed by atoms with van der Waals surface area (Å²) >= 11 is 0. The summed E-state index contributed by atoms with van der Waals surface area (Å²) < 4.78 is 0. The van der Waals surface area contributed by atoms with E-state index in [4.69, 9.17) is 5.73 Å². The molecule has 0 aliphatic carbocycles. The number of imidazole rings is 1. The summed E-state index contributed by atoms with van der Waals surface area (Å²) in [6, 6.07) is 5.84. The van der Waals surface area contributed by atoms with Crippen molar-refractivity contribution in [3.8, 4) is 11.4 Å². The molecule has 0 saturated carbocycles. The molecule has 0 bridgehead atoms. The zero-order chi connectivity index (χ0) is 11.0. The summed E-state index contributed by atoms with van der Waals surface area (Å²) in [5.74, 6) is 1.05. The Morgan fingerprint density at radius 1 is 1.19 bits per heavy atom. The van der Waals surface area contributed by atoms with Crippen LogP contribution in [0.1, 0.15) is 0 Å². The van der Waals surface area contributed by atoms with Crippen molar-refractivity contribution in [2.45, 2.75) is 0 Å². The highest BCUT2D eigenvalue weighted by Crippen LogP contribution is 2.24. The topological polar surface area (TPSA) is 80.5 Å². The van der Waals surface area contributed by atoms with Gasteiger partial charge in [-0.1, -0.05) is 12.1 Å². The number of benzene rings is 1. The third-order valence-corrected chi connectivity index (χ3v) is 2.38. The average molecular weight is 211 g/mol. The predicted molar refractivity (Wildman–Crippen MR) is 61.5 cm³/mol. The van der Waals surface area contributed by atoms with Gasteiger partial charge in [0.25, 0.3) is 0 Å². The number of rotatable bonds is 1. The number of nitrogens with two attached hydrogens (primary N) is 1. The van der Waals surface area contributed by atoms with Crippen molar-refractivity contribution in [2.24, 2.45) is 0 Å². The summed E-state index contributed by atoms with van der Waals surface area (Å²) in [5.41, 5.74) is 7.33. The van der Waals surface area contributed by atoms with Gasteiger partial charge in [0.15, 0.2) is 0 Å². The Kier molecular flexibility index (Phi) is 1.83. The van der Waals surface area contributed by atoms with Crippen LogP contribution in [0.4, 0.5) is 5.95 Å². The molecule has 1 aromatic carbocycles. The fraction of sp³-hybridized carbons (Fsp3) is 0. The van der Waals surface area contributed by atoms with E-state index in [1.807, 2.05) is 18.2 Å². The van der Waals surface area contributed by atoms with Crippen molar-refractivity contribution in [3.05, 3.63) is 36.8 Å². The number of aromatic amines is 1. The number of nitrogen functional groups attached to an aromatic ring is 1. The van der Waals surface area contributed by atoms with Gasteiger partial charge in [-0.3, -0.25) is 0 Å².